The van der Waals surface area contributed by atoms with E-state index < -0.39 is 0 Å². The van der Waals surface area contributed by atoms with Crippen LogP contribution in [0.5, 0.6) is 5.75 Å². The molecule has 1 aromatic heterocycles. The summed E-state index contributed by atoms with van der Waals surface area (Å²) in [6, 6.07) is 7.72. The molecule has 0 atom stereocenters. The van der Waals surface area contributed by atoms with Crippen LogP contribution in [0.3, 0.4) is 0 Å². The van der Waals surface area contributed by atoms with Gasteiger partial charge >= 0.3 is 0 Å². The molecule has 0 radical (unpaired) electrons. The molecule has 128 valence electrons. The van der Waals surface area contributed by atoms with Gasteiger partial charge in [-0.05, 0) is 31.4 Å². The zero-order valence-corrected chi connectivity index (χ0v) is 14.9. The number of benzene rings is 1. The number of hydrogen-bond acceptors (Lipinski definition) is 5. The van der Waals surface area contributed by atoms with Crippen molar-refractivity contribution >= 4 is 17.7 Å². The summed E-state index contributed by atoms with van der Waals surface area (Å²) >= 11 is 1.44. The van der Waals surface area contributed by atoms with Gasteiger partial charge in [-0.1, -0.05) is 23.9 Å². The molecule has 0 saturated carbocycles. The van der Waals surface area contributed by atoms with Crippen LogP contribution in [0, 0.1) is 0 Å². The molecule has 24 heavy (non-hydrogen) atoms. The summed E-state index contributed by atoms with van der Waals surface area (Å²) in [5.74, 6) is 2.08. The normalized spacial score (nSPS) is 14.7. The minimum absolute atomic E-state index is 0.182. The van der Waals surface area contributed by atoms with E-state index in [0.717, 1.165) is 48.2 Å². The van der Waals surface area contributed by atoms with Crippen LogP contribution in [0.25, 0.3) is 11.4 Å². The lowest BCUT2D eigenvalue weighted by molar-refractivity contribution is -0.129. The lowest BCUT2D eigenvalue weighted by Crippen LogP contribution is -2.36. The average Bonchev–Trinajstić information content (AvgIpc) is 3.00. The van der Waals surface area contributed by atoms with Crippen molar-refractivity contribution in [3.8, 4) is 17.1 Å². The first-order chi connectivity index (χ1) is 11.7. The fraction of sp³-hybridized carbons (Fsp3) is 0.471. The number of rotatable bonds is 5. The van der Waals surface area contributed by atoms with Crippen LogP contribution in [-0.4, -0.2) is 51.5 Å². The molecule has 6 nitrogen and oxygen atoms in total. The SMILES string of the molecule is COc1ccccc1-c1nnc(SCC(=O)N2CCCCC2)n1C. The second-order valence-corrected chi connectivity index (χ2v) is 6.74. The van der Waals surface area contributed by atoms with Crippen molar-refractivity contribution in [2.75, 3.05) is 26.0 Å². The van der Waals surface area contributed by atoms with E-state index >= 15 is 0 Å². The minimum atomic E-state index is 0.182. The molecule has 0 bridgehead atoms. The van der Waals surface area contributed by atoms with Gasteiger partial charge in [0.15, 0.2) is 11.0 Å². The highest BCUT2D eigenvalue weighted by Gasteiger charge is 2.19. The van der Waals surface area contributed by atoms with Gasteiger partial charge in [0.2, 0.25) is 5.91 Å². The Balaban J connectivity index is 1.70. The molecule has 0 N–H and O–H groups in total. The summed E-state index contributed by atoms with van der Waals surface area (Å²) in [4.78, 5) is 14.2. The lowest BCUT2D eigenvalue weighted by Gasteiger charge is -2.26. The lowest BCUT2D eigenvalue weighted by atomic mass is 10.1. The molecule has 7 heteroatoms. The Bertz CT molecular complexity index is 710. The van der Waals surface area contributed by atoms with E-state index in [9.17, 15) is 4.79 Å². The monoisotopic (exact) mass is 346 g/mol. The van der Waals surface area contributed by atoms with Crippen molar-refractivity contribution in [3.05, 3.63) is 24.3 Å². The largest absolute Gasteiger partial charge is 0.496 e. The molecule has 1 saturated heterocycles. The first-order valence-electron chi connectivity index (χ1n) is 8.14. The molecule has 1 aromatic carbocycles. The Morgan fingerprint density at radius 1 is 1.21 bits per heavy atom. The number of likely N-dealkylation sites (tertiary alicyclic amines) is 1. The highest BCUT2D eigenvalue weighted by molar-refractivity contribution is 7.99. The molecule has 1 amide bonds. The summed E-state index contributed by atoms with van der Waals surface area (Å²) in [5.41, 5.74) is 0.893. The van der Waals surface area contributed by atoms with Crippen LogP contribution in [0.15, 0.2) is 29.4 Å². The predicted octanol–water partition coefficient (Wildman–Crippen LogP) is 2.60. The number of carbonyl (C=O) groups excluding carboxylic acids is 1. The molecule has 1 fully saturated rings. The Kier molecular flexibility index (Phi) is 5.40. The Morgan fingerprint density at radius 2 is 1.96 bits per heavy atom. The van der Waals surface area contributed by atoms with E-state index in [1.54, 1.807) is 7.11 Å². The summed E-state index contributed by atoms with van der Waals surface area (Å²) in [5, 5.41) is 9.24. The van der Waals surface area contributed by atoms with Crippen LogP contribution in [0.1, 0.15) is 19.3 Å². The number of piperidine rings is 1. The van der Waals surface area contributed by atoms with Crippen LogP contribution >= 0.6 is 11.8 Å². The van der Waals surface area contributed by atoms with E-state index in [4.69, 9.17) is 4.74 Å². The van der Waals surface area contributed by atoms with E-state index in [0.29, 0.717) is 5.75 Å². The molecule has 1 aliphatic heterocycles. The highest BCUT2D eigenvalue weighted by atomic mass is 32.2. The topological polar surface area (TPSA) is 60.3 Å². The van der Waals surface area contributed by atoms with Gasteiger partial charge < -0.3 is 14.2 Å². The number of methoxy groups -OCH3 is 1. The van der Waals surface area contributed by atoms with Gasteiger partial charge in [-0.25, -0.2) is 0 Å². The van der Waals surface area contributed by atoms with E-state index in [-0.39, 0.29) is 5.91 Å². The molecular formula is C17H22N4O2S. The number of hydrogen-bond donors (Lipinski definition) is 0. The predicted molar refractivity (Wildman–Crippen MR) is 94.1 cm³/mol. The molecule has 2 heterocycles. The standard InChI is InChI=1S/C17H22N4O2S/c1-20-16(13-8-4-5-9-14(13)23-2)18-19-17(20)24-12-15(22)21-10-6-3-7-11-21/h4-5,8-9H,3,6-7,10-12H2,1-2H3. The smallest absolute Gasteiger partial charge is 0.233 e. The quantitative estimate of drug-likeness (QED) is 0.779. The van der Waals surface area contributed by atoms with Crippen molar-refractivity contribution in [1.29, 1.82) is 0 Å². The van der Waals surface area contributed by atoms with Gasteiger partial charge in [0.05, 0.1) is 18.4 Å². The van der Waals surface area contributed by atoms with Gasteiger partial charge in [0.25, 0.3) is 0 Å². The maximum atomic E-state index is 12.3. The molecule has 2 aromatic rings. The first-order valence-corrected chi connectivity index (χ1v) is 9.12. The zero-order valence-electron chi connectivity index (χ0n) is 14.1. The minimum Gasteiger partial charge on any atom is -0.496 e. The van der Waals surface area contributed by atoms with Crippen LogP contribution in [0.2, 0.25) is 0 Å². The van der Waals surface area contributed by atoms with Gasteiger partial charge in [0, 0.05) is 20.1 Å². The second-order valence-electron chi connectivity index (χ2n) is 5.80. The molecular weight excluding hydrogens is 324 g/mol. The molecule has 0 unspecified atom stereocenters. The fourth-order valence-electron chi connectivity index (χ4n) is 2.87. The third-order valence-electron chi connectivity index (χ3n) is 4.22. The Hall–Kier alpha value is -2.02. The number of aromatic nitrogens is 3. The molecule has 1 aliphatic rings. The number of para-hydroxylation sites is 1. The van der Waals surface area contributed by atoms with E-state index in [2.05, 4.69) is 10.2 Å². The summed E-state index contributed by atoms with van der Waals surface area (Å²) in [7, 11) is 3.55. The number of ether oxygens (including phenoxy) is 1. The summed E-state index contributed by atoms with van der Waals surface area (Å²) in [6.07, 6.45) is 3.44. The van der Waals surface area contributed by atoms with Crippen LogP contribution < -0.4 is 4.74 Å². The first kappa shape index (κ1) is 16.8. The average molecular weight is 346 g/mol. The van der Waals surface area contributed by atoms with Crippen molar-refractivity contribution in [3.63, 3.8) is 0 Å². The van der Waals surface area contributed by atoms with Gasteiger partial charge in [-0.3, -0.25) is 4.79 Å². The highest BCUT2D eigenvalue weighted by Crippen LogP contribution is 2.30. The van der Waals surface area contributed by atoms with Gasteiger partial charge in [0.1, 0.15) is 5.75 Å². The third-order valence-corrected chi connectivity index (χ3v) is 5.22. The number of nitrogens with zero attached hydrogens (tertiary/aromatic N) is 4. The summed E-state index contributed by atoms with van der Waals surface area (Å²) < 4.78 is 7.30. The third kappa shape index (κ3) is 3.56. The van der Waals surface area contributed by atoms with Crippen molar-refractivity contribution in [2.24, 2.45) is 7.05 Å². The zero-order chi connectivity index (χ0) is 16.9. The van der Waals surface area contributed by atoms with Gasteiger partial charge in [-0.15, -0.1) is 10.2 Å². The van der Waals surface area contributed by atoms with Crippen molar-refractivity contribution in [2.45, 2.75) is 24.4 Å². The van der Waals surface area contributed by atoms with Gasteiger partial charge in [-0.2, -0.15) is 0 Å². The fourth-order valence-corrected chi connectivity index (χ4v) is 3.68. The summed E-state index contributed by atoms with van der Waals surface area (Å²) in [6.45, 7) is 1.76. The molecule has 3 rings (SSSR count). The number of amides is 1. The van der Waals surface area contributed by atoms with Crippen LogP contribution in [-0.2, 0) is 11.8 Å². The molecule has 0 aliphatic carbocycles. The number of carbonyl (C=O) groups is 1. The second kappa shape index (κ2) is 7.70. The van der Waals surface area contributed by atoms with Crippen molar-refractivity contribution < 1.29 is 9.53 Å². The number of thioether (sulfide) groups is 1. The Labute approximate surface area is 146 Å². The van der Waals surface area contributed by atoms with E-state index in [1.165, 1.54) is 18.2 Å². The van der Waals surface area contributed by atoms with Crippen molar-refractivity contribution in [1.82, 2.24) is 19.7 Å². The maximum absolute atomic E-state index is 12.3. The maximum Gasteiger partial charge on any atom is 0.233 e. The van der Waals surface area contributed by atoms with E-state index in [1.807, 2.05) is 40.8 Å². The molecule has 0 spiro atoms. The Morgan fingerprint density at radius 3 is 2.71 bits per heavy atom. The van der Waals surface area contributed by atoms with Crippen LogP contribution in [0.4, 0.5) is 0 Å².